The third-order valence-corrected chi connectivity index (χ3v) is 2.81. The molecular formula is C14H14ClN3O. The van der Waals surface area contributed by atoms with Gasteiger partial charge in [0.2, 0.25) is 0 Å². The van der Waals surface area contributed by atoms with Crippen LogP contribution in [0.3, 0.4) is 0 Å². The van der Waals surface area contributed by atoms with Crippen molar-refractivity contribution < 1.29 is 4.79 Å². The van der Waals surface area contributed by atoms with Gasteiger partial charge in [-0.15, -0.1) is 0 Å². The van der Waals surface area contributed by atoms with Crippen LogP contribution in [0.5, 0.6) is 0 Å². The normalized spacial score (nSPS) is 10.0. The molecule has 0 unspecified atom stereocenters. The van der Waals surface area contributed by atoms with Crippen LogP contribution in [0.15, 0.2) is 42.5 Å². The fourth-order valence-corrected chi connectivity index (χ4v) is 1.74. The van der Waals surface area contributed by atoms with E-state index in [1.54, 1.807) is 36.4 Å². The Kier molecular flexibility index (Phi) is 3.92. The lowest BCUT2D eigenvalue weighted by Crippen LogP contribution is -2.20. The molecule has 0 atom stereocenters. The van der Waals surface area contributed by atoms with E-state index in [0.717, 1.165) is 5.56 Å². The summed E-state index contributed by atoms with van der Waals surface area (Å²) in [6.07, 6.45) is 0. The van der Waals surface area contributed by atoms with Crippen LogP contribution in [0, 0.1) is 6.92 Å². The summed E-state index contributed by atoms with van der Waals surface area (Å²) in [5, 5.41) is 6.01. The quantitative estimate of drug-likeness (QED) is 0.728. The van der Waals surface area contributed by atoms with Crippen molar-refractivity contribution in [3.8, 4) is 0 Å². The third-order valence-electron chi connectivity index (χ3n) is 2.56. The molecule has 0 aromatic heterocycles. The second kappa shape index (κ2) is 5.63. The van der Waals surface area contributed by atoms with Crippen molar-refractivity contribution in [2.45, 2.75) is 6.92 Å². The maximum absolute atomic E-state index is 11.8. The Morgan fingerprint density at radius 3 is 2.42 bits per heavy atom. The number of carbonyl (C=O) groups excluding carboxylic acids is 1. The highest BCUT2D eigenvalue weighted by Crippen LogP contribution is 2.20. The van der Waals surface area contributed by atoms with Gasteiger partial charge in [-0.1, -0.05) is 17.7 Å². The summed E-state index contributed by atoms with van der Waals surface area (Å²) in [6.45, 7) is 1.94. The first kappa shape index (κ1) is 13.2. The van der Waals surface area contributed by atoms with Gasteiger partial charge in [0, 0.05) is 10.7 Å². The molecule has 19 heavy (non-hydrogen) atoms. The Bertz CT molecular complexity index is 596. The highest BCUT2D eigenvalue weighted by molar-refractivity contribution is 6.30. The Morgan fingerprint density at radius 2 is 1.79 bits per heavy atom. The number of hydrogen-bond acceptors (Lipinski definition) is 2. The van der Waals surface area contributed by atoms with Crippen molar-refractivity contribution >= 4 is 34.7 Å². The van der Waals surface area contributed by atoms with Crippen LogP contribution in [-0.2, 0) is 0 Å². The number of anilines is 3. The molecule has 2 aromatic carbocycles. The number of amides is 2. The lowest BCUT2D eigenvalue weighted by atomic mass is 10.2. The minimum absolute atomic E-state index is 0.349. The Morgan fingerprint density at radius 1 is 1.11 bits per heavy atom. The molecule has 4 N–H and O–H groups in total. The number of aryl methyl sites for hydroxylation is 1. The van der Waals surface area contributed by atoms with Crippen molar-refractivity contribution in [1.29, 1.82) is 0 Å². The minimum Gasteiger partial charge on any atom is -0.397 e. The highest BCUT2D eigenvalue weighted by Gasteiger charge is 2.05. The molecular weight excluding hydrogens is 262 g/mol. The summed E-state index contributed by atoms with van der Waals surface area (Å²) in [7, 11) is 0. The van der Waals surface area contributed by atoms with Gasteiger partial charge in [-0.25, -0.2) is 4.79 Å². The molecule has 0 fully saturated rings. The number of rotatable bonds is 2. The molecule has 4 nitrogen and oxygen atoms in total. The third kappa shape index (κ3) is 3.63. The Balaban J connectivity index is 2.03. The zero-order chi connectivity index (χ0) is 13.8. The largest absolute Gasteiger partial charge is 0.397 e. The monoisotopic (exact) mass is 275 g/mol. The standard InChI is InChI=1S/C14H14ClN3O/c1-9-2-7-13(12(16)8-9)18-14(19)17-11-5-3-10(15)4-6-11/h2-8H,16H2,1H3,(H2,17,18,19). The molecule has 0 saturated heterocycles. The van der Waals surface area contributed by atoms with Crippen LogP contribution in [0.4, 0.5) is 21.9 Å². The van der Waals surface area contributed by atoms with Crippen molar-refractivity contribution in [3.63, 3.8) is 0 Å². The number of halogens is 1. The molecule has 0 aliphatic carbocycles. The highest BCUT2D eigenvalue weighted by atomic mass is 35.5. The summed E-state index contributed by atoms with van der Waals surface area (Å²) in [4.78, 5) is 11.8. The SMILES string of the molecule is Cc1ccc(NC(=O)Nc2ccc(Cl)cc2)c(N)c1. The molecule has 0 spiro atoms. The number of benzene rings is 2. The van der Waals surface area contributed by atoms with Gasteiger partial charge in [0.15, 0.2) is 0 Å². The fraction of sp³-hybridized carbons (Fsp3) is 0.0714. The summed E-state index contributed by atoms with van der Waals surface area (Å²) < 4.78 is 0. The van der Waals surface area contributed by atoms with Gasteiger partial charge in [-0.3, -0.25) is 0 Å². The van der Waals surface area contributed by atoms with E-state index in [1.807, 2.05) is 13.0 Å². The van der Waals surface area contributed by atoms with Crippen LogP contribution in [0.2, 0.25) is 5.02 Å². The van der Waals surface area contributed by atoms with E-state index in [2.05, 4.69) is 10.6 Å². The molecule has 0 aliphatic heterocycles. The fourth-order valence-electron chi connectivity index (χ4n) is 1.61. The van der Waals surface area contributed by atoms with Crippen molar-refractivity contribution in [3.05, 3.63) is 53.1 Å². The zero-order valence-corrected chi connectivity index (χ0v) is 11.2. The molecule has 98 valence electrons. The first-order valence-electron chi connectivity index (χ1n) is 5.74. The maximum Gasteiger partial charge on any atom is 0.323 e. The number of nitrogen functional groups attached to an aromatic ring is 1. The maximum atomic E-state index is 11.8. The zero-order valence-electron chi connectivity index (χ0n) is 10.4. The van der Waals surface area contributed by atoms with Crippen molar-refractivity contribution in [2.75, 3.05) is 16.4 Å². The topological polar surface area (TPSA) is 67.2 Å². The number of nitrogens with one attached hydrogen (secondary N) is 2. The van der Waals surface area contributed by atoms with E-state index in [0.29, 0.717) is 22.1 Å². The van der Waals surface area contributed by atoms with Gasteiger partial charge in [0.25, 0.3) is 0 Å². The van der Waals surface area contributed by atoms with Crippen LogP contribution in [0.1, 0.15) is 5.56 Å². The molecule has 0 heterocycles. The molecule has 0 radical (unpaired) electrons. The molecule has 5 heteroatoms. The average molecular weight is 276 g/mol. The molecule has 0 saturated carbocycles. The minimum atomic E-state index is -0.349. The van der Waals surface area contributed by atoms with Crippen LogP contribution < -0.4 is 16.4 Å². The second-order valence-corrected chi connectivity index (χ2v) is 4.61. The van der Waals surface area contributed by atoms with E-state index >= 15 is 0 Å². The van der Waals surface area contributed by atoms with Gasteiger partial charge in [-0.05, 0) is 48.9 Å². The van der Waals surface area contributed by atoms with Crippen molar-refractivity contribution in [1.82, 2.24) is 0 Å². The summed E-state index contributed by atoms with van der Waals surface area (Å²) in [6, 6.07) is 12.0. The van der Waals surface area contributed by atoms with Gasteiger partial charge < -0.3 is 16.4 Å². The van der Waals surface area contributed by atoms with E-state index in [-0.39, 0.29) is 6.03 Å². The average Bonchev–Trinajstić information content (AvgIpc) is 2.36. The lowest BCUT2D eigenvalue weighted by molar-refractivity contribution is 0.262. The van der Waals surface area contributed by atoms with E-state index in [1.165, 1.54) is 0 Å². The smallest absolute Gasteiger partial charge is 0.323 e. The molecule has 2 rings (SSSR count). The van der Waals surface area contributed by atoms with Gasteiger partial charge in [0.1, 0.15) is 0 Å². The first-order chi connectivity index (χ1) is 9.04. The van der Waals surface area contributed by atoms with Gasteiger partial charge >= 0.3 is 6.03 Å². The number of urea groups is 1. The van der Waals surface area contributed by atoms with E-state index in [4.69, 9.17) is 17.3 Å². The Hall–Kier alpha value is -2.20. The predicted octanol–water partition coefficient (Wildman–Crippen LogP) is 3.87. The summed E-state index contributed by atoms with van der Waals surface area (Å²) in [5.41, 5.74) is 8.64. The van der Waals surface area contributed by atoms with Crippen LogP contribution in [-0.4, -0.2) is 6.03 Å². The second-order valence-electron chi connectivity index (χ2n) is 4.18. The van der Waals surface area contributed by atoms with Gasteiger partial charge in [0.05, 0.1) is 11.4 Å². The van der Waals surface area contributed by atoms with Crippen LogP contribution >= 0.6 is 11.6 Å². The summed E-state index contributed by atoms with van der Waals surface area (Å²) in [5.74, 6) is 0. The van der Waals surface area contributed by atoms with Gasteiger partial charge in [-0.2, -0.15) is 0 Å². The lowest BCUT2D eigenvalue weighted by Gasteiger charge is -2.10. The molecule has 0 aliphatic rings. The summed E-state index contributed by atoms with van der Waals surface area (Å²) >= 11 is 5.77. The molecule has 2 amide bonds. The van der Waals surface area contributed by atoms with Crippen molar-refractivity contribution in [2.24, 2.45) is 0 Å². The predicted molar refractivity (Wildman–Crippen MR) is 79.7 cm³/mol. The Labute approximate surface area is 116 Å². The van der Waals surface area contributed by atoms with E-state index < -0.39 is 0 Å². The number of carbonyl (C=O) groups is 1. The molecule has 2 aromatic rings. The first-order valence-corrected chi connectivity index (χ1v) is 6.12. The number of hydrogen-bond donors (Lipinski definition) is 3. The molecule has 0 bridgehead atoms. The van der Waals surface area contributed by atoms with E-state index in [9.17, 15) is 4.79 Å². The van der Waals surface area contributed by atoms with Crippen LogP contribution in [0.25, 0.3) is 0 Å². The number of nitrogens with two attached hydrogens (primary N) is 1.